The number of alkyl halides is 1. The van der Waals surface area contributed by atoms with Crippen LogP contribution in [0.4, 0.5) is 4.39 Å². The van der Waals surface area contributed by atoms with Crippen molar-refractivity contribution in [1.82, 2.24) is 10.2 Å². The molecular weight excluding hydrogens is 295 g/mol. The lowest BCUT2D eigenvalue weighted by Crippen LogP contribution is -2.42. The second-order valence-corrected chi connectivity index (χ2v) is 6.17. The van der Waals surface area contributed by atoms with Gasteiger partial charge < -0.3 is 5.32 Å². The largest absolute Gasteiger partial charge is 0.314 e. The van der Waals surface area contributed by atoms with Gasteiger partial charge in [-0.15, -0.1) is 0 Å². The first kappa shape index (κ1) is 14.0. The van der Waals surface area contributed by atoms with Gasteiger partial charge in [0.05, 0.1) is 0 Å². The van der Waals surface area contributed by atoms with E-state index >= 15 is 0 Å². The van der Waals surface area contributed by atoms with Crippen molar-refractivity contribution in [3.05, 3.63) is 33.8 Å². The Hall–Kier alpha value is -0.450. The Labute approximate surface area is 117 Å². The van der Waals surface area contributed by atoms with E-state index in [-0.39, 0.29) is 0 Å². The lowest BCUT2D eigenvalue weighted by atomic mass is 9.99. The first-order chi connectivity index (χ1) is 8.47. The van der Waals surface area contributed by atoms with E-state index in [9.17, 15) is 4.39 Å². The van der Waals surface area contributed by atoms with Crippen LogP contribution >= 0.6 is 15.9 Å². The van der Waals surface area contributed by atoms with Crippen LogP contribution in [0.2, 0.25) is 0 Å². The molecule has 0 aromatic heterocycles. The first-order valence-corrected chi connectivity index (χ1v) is 7.17. The molecule has 1 aromatic carbocycles. The summed E-state index contributed by atoms with van der Waals surface area (Å²) < 4.78 is 14.8. The highest BCUT2D eigenvalue weighted by atomic mass is 79.9. The Bertz CT molecular complexity index is 409. The Morgan fingerprint density at radius 3 is 2.56 bits per heavy atom. The van der Waals surface area contributed by atoms with Crippen LogP contribution in [0.5, 0.6) is 0 Å². The fraction of sp³-hybridized carbons (Fsp3) is 0.571. The van der Waals surface area contributed by atoms with Crippen molar-refractivity contribution < 1.29 is 4.39 Å². The van der Waals surface area contributed by atoms with E-state index < -0.39 is 5.67 Å². The second-order valence-electron chi connectivity index (χ2n) is 5.31. The summed E-state index contributed by atoms with van der Waals surface area (Å²) >= 11 is 3.48. The SMILES string of the molecule is CC(C)(F)c1ccc(CN2CCNCC2)cc1Br. The number of rotatable bonds is 3. The highest BCUT2D eigenvalue weighted by Crippen LogP contribution is 2.32. The molecule has 1 heterocycles. The van der Waals surface area contributed by atoms with Crippen LogP contribution < -0.4 is 5.32 Å². The molecule has 0 saturated carbocycles. The van der Waals surface area contributed by atoms with E-state index in [2.05, 4.69) is 26.1 Å². The fourth-order valence-electron chi connectivity index (χ4n) is 2.27. The summed E-state index contributed by atoms with van der Waals surface area (Å²) in [6.07, 6.45) is 0. The topological polar surface area (TPSA) is 15.3 Å². The van der Waals surface area contributed by atoms with Crippen LogP contribution in [0, 0.1) is 0 Å². The Morgan fingerprint density at radius 2 is 2.00 bits per heavy atom. The molecular formula is C14H20BrFN2. The fourth-order valence-corrected chi connectivity index (χ4v) is 3.16. The summed E-state index contributed by atoms with van der Waals surface area (Å²) in [5.74, 6) is 0. The molecule has 1 aliphatic heterocycles. The molecule has 0 aliphatic carbocycles. The van der Waals surface area contributed by atoms with E-state index in [4.69, 9.17) is 0 Å². The molecule has 1 saturated heterocycles. The van der Waals surface area contributed by atoms with Crippen LogP contribution in [0.15, 0.2) is 22.7 Å². The molecule has 1 N–H and O–H groups in total. The number of hydrogen-bond donors (Lipinski definition) is 1. The number of piperazine rings is 1. The van der Waals surface area contributed by atoms with Crippen LogP contribution in [-0.2, 0) is 12.2 Å². The molecule has 100 valence electrons. The van der Waals surface area contributed by atoms with Gasteiger partial charge >= 0.3 is 0 Å². The molecule has 0 amide bonds. The zero-order chi connectivity index (χ0) is 13.2. The summed E-state index contributed by atoms with van der Waals surface area (Å²) in [7, 11) is 0. The minimum Gasteiger partial charge on any atom is -0.314 e. The van der Waals surface area contributed by atoms with Crippen molar-refractivity contribution in [1.29, 1.82) is 0 Å². The van der Waals surface area contributed by atoms with E-state index in [0.717, 1.165) is 37.2 Å². The molecule has 0 atom stereocenters. The average molecular weight is 315 g/mol. The summed E-state index contributed by atoms with van der Waals surface area (Å²) in [4.78, 5) is 2.42. The van der Waals surface area contributed by atoms with Crippen molar-refractivity contribution in [3.63, 3.8) is 0 Å². The number of benzene rings is 1. The van der Waals surface area contributed by atoms with Gasteiger partial charge in [0.15, 0.2) is 0 Å². The van der Waals surface area contributed by atoms with E-state index in [1.165, 1.54) is 5.56 Å². The van der Waals surface area contributed by atoms with Crippen molar-refractivity contribution in [2.45, 2.75) is 26.1 Å². The Balaban J connectivity index is 2.08. The smallest absolute Gasteiger partial charge is 0.131 e. The molecule has 0 bridgehead atoms. The van der Waals surface area contributed by atoms with Crippen molar-refractivity contribution in [2.75, 3.05) is 26.2 Å². The van der Waals surface area contributed by atoms with Gasteiger partial charge in [0.1, 0.15) is 5.67 Å². The normalized spacial score (nSPS) is 18.0. The van der Waals surface area contributed by atoms with Crippen LogP contribution in [-0.4, -0.2) is 31.1 Å². The van der Waals surface area contributed by atoms with Gasteiger partial charge in [0, 0.05) is 42.8 Å². The lowest BCUT2D eigenvalue weighted by molar-refractivity contribution is 0.219. The van der Waals surface area contributed by atoms with E-state index in [1.807, 2.05) is 18.2 Å². The van der Waals surface area contributed by atoms with Crippen molar-refractivity contribution in [3.8, 4) is 0 Å². The summed E-state index contributed by atoms with van der Waals surface area (Å²) in [5, 5.41) is 3.34. The minimum atomic E-state index is -1.30. The average Bonchev–Trinajstić information content (AvgIpc) is 2.28. The highest BCUT2D eigenvalue weighted by Gasteiger charge is 2.22. The zero-order valence-electron chi connectivity index (χ0n) is 11.0. The number of nitrogens with zero attached hydrogens (tertiary/aromatic N) is 1. The van der Waals surface area contributed by atoms with Gasteiger partial charge in [-0.3, -0.25) is 4.90 Å². The molecule has 2 rings (SSSR count). The van der Waals surface area contributed by atoms with Gasteiger partial charge in [-0.2, -0.15) is 0 Å². The Kier molecular flexibility index (Phi) is 4.41. The lowest BCUT2D eigenvalue weighted by Gasteiger charge is -2.27. The minimum absolute atomic E-state index is 0.714. The molecule has 1 fully saturated rings. The molecule has 1 aliphatic rings. The summed E-state index contributed by atoms with van der Waals surface area (Å²) in [6.45, 7) is 8.37. The molecule has 0 unspecified atom stereocenters. The van der Waals surface area contributed by atoms with Gasteiger partial charge in [0.2, 0.25) is 0 Å². The summed E-state index contributed by atoms with van der Waals surface area (Å²) in [6, 6.07) is 5.96. The van der Waals surface area contributed by atoms with Crippen molar-refractivity contribution in [2.24, 2.45) is 0 Å². The maximum atomic E-state index is 13.9. The van der Waals surface area contributed by atoms with Gasteiger partial charge in [0.25, 0.3) is 0 Å². The van der Waals surface area contributed by atoms with Gasteiger partial charge in [-0.25, -0.2) is 4.39 Å². The molecule has 18 heavy (non-hydrogen) atoms. The van der Waals surface area contributed by atoms with E-state index in [0.29, 0.717) is 5.56 Å². The predicted molar refractivity (Wildman–Crippen MR) is 76.4 cm³/mol. The monoisotopic (exact) mass is 314 g/mol. The third kappa shape index (κ3) is 3.53. The zero-order valence-corrected chi connectivity index (χ0v) is 12.6. The summed E-state index contributed by atoms with van der Waals surface area (Å²) in [5.41, 5.74) is 0.648. The Morgan fingerprint density at radius 1 is 1.33 bits per heavy atom. The van der Waals surface area contributed by atoms with Gasteiger partial charge in [-0.1, -0.05) is 28.1 Å². The quantitative estimate of drug-likeness (QED) is 0.922. The third-order valence-corrected chi connectivity index (χ3v) is 3.95. The molecule has 0 radical (unpaired) electrons. The first-order valence-electron chi connectivity index (χ1n) is 6.38. The number of hydrogen-bond acceptors (Lipinski definition) is 2. The number of nitrogens with one attached hydrogen (secondary N) is 1. The maximum Gasteiger partial charge on any atom is 0.131 e. The predicted octanol–water partition coefficient (Wildman–Crippen LogP) is 3.06. The standard InChI is InChI=1S/C14H20BrFN2/c1-14(2,16)12-4-3-11(9-13(12)15)10-18-7-5-17-6-8-18/h3-4,9,17H,5-8,10H2,1-2H3. The molecule has 1 aromatic rings. The van der Waals surface area contributed by atoms with Crippen molar-refractivity contribution >= 4 is 15.9 Å². The maximum absolute atomic E-state index is 13.9. The van der Waals surface area contributed by atoms with Gasteiger partial charge in [-0.05, 0) is 25.5 Å². The highest BCUT2D eigenvalue weighted by molar-refractivity contribution is 9.10. The molecule has 4 heteroatoms. The van der Waals surface area contributed by atoms with E-state index in [1.54, 1.807) is 13.8 Å². The van der Waals surface area contributed by atoms with Crippen LogP contribution in [0.3, 0.4) is 0 Å². The molecule has 2 nitrogen and oxygen atoms in total. The second kappa shape index (κ2) is 5.68. The molecule has 0 spiro atoms. The van der Waals surface area contributed by atoms with Crippen LogP contribution in [0.1, 0.15) is 25.0 Å². The van der Waals surface area contributed by atoms with Crippen LogP contribution in [0.25, 0.3) is 0 Å². The third-order valence-electron chi connectivity index (χ3n) is 3.29. The number of halogens is 2.